The number of phenols is 1. The number of hydrogen-bond acceptors (Lipinski definition) is 12. The lowest BCUT2D eigenvalue weighted by molar-refractivity contribution is -0.123. The van der Waals surface area contributed by atoms with Crippen LogP contribution < -0.4 is 34.9 Å². The molecule has 6 atom stereocenters. The first kappa shape index (κ1) is 34.4. The third-order valence-corrected chi connectivity index (χ3v) is 9.68. The van der Waals surface area contributed by atoms with Gasteiger partial charge in [-0.2, -0.15) is 5.26 Å². The van der Waals surface area contributed by atoms with E-state index < -0.39 is 35.7 Å². The highest BCUT2D eigenvalue weighted by Gasteiger charge is 2.54. The summed E-state index contributed by atoms with van der Waals surface area (Å²) < 4.78 is 34.5. The first-order valence-electron chi connectivity index (χ1n) is 16.5. The number of ether oxygens (including phenoxy) is 6. The van der Waals surface area contributed by atoms with Crippen LogP contribution in [0.5, 0.6) is 28.7 Å². The molecule has 264 valence electrons. The van der Waals surface area contributed by atoms with Crippen molar-refractivity contribution in [3.8, 4) is 34.8 Å². The molecule has 4 aliphatic heterocycles. The lowest BCUT2D eigenvalue weighted by atomic mass is 9.72. The van der Waals surface area contributed by atoms with Crippen molar-refractivity contribution in [2.45, 2.75) is 96.2 Å². The Morgan fingerprint density at radius 3 is 2.57 bits per heavy atom. The van der Waals surface area contributed by atoms with Gasteiger partial charge in [0.05, 0.1) is 25.3 Å². The number of fused-ring (bicyclic) bond motifs is 9. The Labute approximate surface area is 285 Å². The summed E-state index contributed by atoms with van der Waals surface area (Å²) in [5.41, 5.74) is 4.00. The molecule has 0 saturated carbocycles. The molecular formula is C35H45N5O9. The average Bonchev–Trinajstić information content (AvgIpc) is 3.53. The first-order valence-corrected chi connectivity index (χ1v) is 16.5. The van der Waals surface area contributed by atoms with E-state index in [4.69, 9.17) is 28.4 Å². The predicted octanol–water partition coefficient (Wildman–Crippen LogP) is 3.19. The molecule has 1 fully saturated rings. The van der Waals surface area contributed by atoms with Gasteiger partial charge >= 0.3 is 6.09 Å². The van der Waals surface area contributed by atoms with Gasteiger partial charge in [0.2, 0.25) is 12.7 Å². The number of phenolic OH excluding ortho intramolecular Hbond substituents is 1. The molecule has 4 N–H and O–H groups in total. The molecule has 4 aliphatic rings. The smallest absolute Gasteiger partial charge is 0.408 e. The van der Waals surface area contributed by atoms with Crippen LogP contribution in [0.2, 0.25) is 0 Å². The van der Waals surface area contributed by atoms with Crippen molar-refractivity contribution < 1.29 is 43.1 Å². The van der Waals surface area contributed by atoms with Crippen LogP contribution in [0.3, 0.4) is 0 Å². The molecule has 14 nitrogen and oxygen atoms in total. The Morgan fingerprint density at radius 2 is 1.90 bits per heavy atom. The number of aromatic hydroxyl groups is 1. The van der Waals surface area contributed by atoms with Crippen molar-refractivity contribution in [2.75, 3.05) is 34.4 Å². The van der Waals surface area contributed by atoms with Crippen molar-refractivity contribution in [1.29, 1.82) is 5.26 Å². The molecule has 0 radical (unpaired) electrons. The second-order valence-electron chi connectivity index (χ2n) is 14.0. The second-order valence-corrected chi connectivity index (χ2v) is 14.0. The molecule has 0 aliphatic carbocycles. The summed E-state index contributed by atoms with van der Waals surface area (Å²) in [6.07, 6.45) is 0.195. The number of piperazine rings is 1. The second kappa shape index (κ2) is 13.1. The number of nitrogens with zero attached hydrogens (tertiary/aromatic N) is 2. The van der Waals surface area contributed by atoms with E-state index in [1.807, 2.05) is 6.92 Å². The van der Waals surface area contributed by atoms with Gasteiger partial charge in [-0.05, 0) is 65.5 Å². The largest absolute Gasteiger partial charge is 0.507 e. The zero-order valence-corrected chi connectivity index (χ0v) is 29.2. The lowest BCUT2D eigenvalue weighted by Crippen LogP contribution is -2.68. The summed E-state index contributed by atoms with van der Waals surface area (Å²) in [7, 11) is 3.16. The molecule has 1 saturated heterocycles. The van der Waals surface area contributed by atoms with Gasteiger partial charge in [0.1, 0.15) is 23.4 Å². The maximum atomic E-state index is 13.4. The molecule has 4 heterocycles. The van der Waals surface area contributed by atoms with Crippen molar-refractivity contribution in [3.63, 3.8) is 0 Å². The number of hydrogen-bond donors (Lipinski definition) is 4. The molecule has 49 heavy (non-hydrogen) atoms. The number of nitriles is 1. The standard InChI is InChI=1S/C35H45N5O9/c1-16-9-19-10-21-23(12-36)40-22(27(39-21)25(19)31(29(16)45-8)46-14-44-7)11-20-26(32-30(47-15-48-32)17(2)28(20)41)24(40)13-37-33(42)18(3)38-34(43)49-35(4,5)6/h9,18,21-24,27,39,41H,10-11,13-15H2,1-8H3,(H,37,42)(H,38,43)/t18-,21-,22?,23-,24-,27-/m0/s1. The number of aryl methyl sites for hydroxylation is 1. The van der Waals surface area contributed by atoms with Gasteiger partial charge in [0.15, 0.2) is 29.8 Å². The highest BCUT2D eigenvalue weighted by Crippen LogP contribution is 2.56. The maximum Gasteiger partial charge on any atom is 0.408 e. The summed E-state index contributed by atoms with van der Waals surface area (Å²) in [4.78, 5) is 28.0. The summed E-state index contributed by atoms with van der Waals surface area (Å²) in [5, 5.41) is 31.7. The van der Waals surface area contributed by atoms with Crippen molar-refractivity contribution in [1.82, 2.24) is 20.9 Å². The van der Waals surface area contributed by atoms with E-state index in [0.29, 0.717) is 52.5 Å². The molecule has 2 amide bonds. The molecule has 14 heteroatoms. The number of amides is 2. The van der Waals surface area contributed by atoms with E-state index in [0.717, 1.165) is 16.7 Å². The van der Waals surface area contributed by atoms with Crippen molar-refractivity contribution in [2.24, 2.45) is 0 Å². The quantitative estimate of drug-likeness (QED) is 0.301. The zero-order chi connectivity index (χ0) is 35.4. The molecule has 1 unspecified atom stereocenters. The van der Waals surface area contributed by atoms with Crippen LogP contribution in [0.1, 0.15) is 73.2 Å². The molecular weight excluding hydrogens is 634 g/mol. The Balaban J connectivity index is 1.44. The third-order valence-electron chi connectivity index (χ3n) is 9.68. The third kappa shape index (κ3) is 6.04. The minimum absolute atomic E-state index is 0.00800. The van der Waals surface area contributed by atoms with Crippen LogP contribution in [0, 0.1) is 25.2 Å². The van der Waals surface area contributed by atoms with Gasteiger partial charge in [-0.1, -0.05) is 6.07 Å². The van der Waals surface area contributed by atoms with Crippen LogP contribution in [-0.2, 0) is 27.1 Å². The predicted molar refractivity (Wildman–Crippen MR) is 176 cm³/mol. The average molecular weight is 680 g/mol. The SMILES string of the molecule is COCOc1c(OC)c(C)cc2c1[C@H]1N[C@@H](C2)[C@H](C#N)N2C1Cc1c(O)c(C)c3c(c1[C@@H]2CNC(=O)[C@H](C)NC(=O)OC(C)(C)C)OCO3. The van der Waals surface area contributed by atoms with Crippen molar-refractivity contribution >= 4 is 12.0 Å². The summed E-state index contributed by atoms with van der Waals surface area (Å²) in [5.74, 6) is 1.73. The monoisotopic (exact) mass is 679 g/mol. The molecule has 2 bridgehead atoms. The lowest BCUT2D eigenvalue weighted by Gasteiger charge is -2.56. The Kier molecular flexibility index (Phi) is 9.21. The Bertz CT molecular complexity index is 1700. The Hall–Kier alpha value is -4.45. The topological polar surface area (TPSA) is 173 Å². The minimum atomic E-state index is -0.914. The normalized spacial score (nSPS) is 24.0. The number of methoxy groups -OCH3 is 2. The summed E-state index contributed by atoms with van der Waals surface area (Å²) >= 11 is 0. The number of carbonyl (C=O) groups is 2. The first-order chi connectivity index (χ1) is 23.3. The van der Waals surface area contributed by atoms with E-state index in [1.165, 1.54) is 0 Å². The van der Waals surface area contributed by atoms with Crippen LogP contribution >= 0.6 is 0 Å². The molecule has 6 rings (SSSR count). The fourth-order valence-electron chi connectivity index (χ4n) is 7.76. The molecule has 2 aromatic carbocycles. The van der Waals surface area contributed by atoms with E-state index >= 15 is 0 Å². The number of rotatable bonds is 8. The number of benzene rings is 2. The Morgan fingerprint density at radius 1 is 1.16 bits per heavy atom. The highest BCUT2D eigenvalue weighted by molar-refractivity contribution is 5.85. The summed E-state index contributed by atoms with van der Waals surface area (Å²) in [6.45, 7) is 10.6. The molecule has 2 aromatic rings. The highest BCUT2D eigenvalue weighted by atomic mass is 16.7. The van der Waals surface area contributed by atoms with E-state index in [-0.39, 0.29) is 44.0 Å². The van der Waals surface area contributed by atoms with E-state index in [2.05, 4.69) is 33.0 Å². The van der Waals surface area contributed by atoms with Crippen molar-refractivity contribution in [3.05, 3.63) is 39.4 Å². The molecule has 0 spiro atoms. The van der Waals surface area contributed by atoms with Crippen LogP contribution in [-0.4, -0.2) is 86.1 Å². The van der Waals surface area contributed by atoms with Gasteiger partial charge < -0.3 is 49.5 Å². The van der Waals surface area contributed by atoms with Gasteiger partial charge in [-0.15, -0.1) is 0 Å². The van der Waals surface area contributed by atoms with Crippen LogP contribution in [0.15, 0.2) is 6.07 Å². The maximum absolute atomic E-state index is 13.4. The van der Waals surface area contributed by atoms with Gasteiger partial charge in [-0.25, -0.2) is 4.79 Å². The van der Waals surface area contributed by atoms with Gasteiger partial charge in [0, 0.05) is 48.0 Å². The zero-order valence-electron chi connectivity index (χ0n) is 29.2. The van der Waals surface area contributed by atoms with Gasteiger partial charge in [0.25, 0.3) is 0 Å². The number of nitrogens with one attached hydrogen (secondary N) is 3. The van der Waals surface area contributed by atoms with Crippen LogP contribution in [0.25, 0.3) is 0 Å². The van der Waals surface area contributed by atoms with Crippen LogP contribution in [0.4, 0.5) is 4.79 Å². The molecule has 0 aromatic heterocycles. The van der Waals surface area contributed by atoms with Gasteiger partial charge in [-0.3, -0.25) is 9.69 Å². The summed E-state index contributed by atoms with van der Waals surface area (Å²) in [6, 6.07) is 1.53. The van der Waals surface area contributed by atoms with E-state index in [1.54, 1.807) is 48.8 Å². The van der Waals surface area contributed by atoms with E-state index in [9.17, 15) is 20.0 Å². The fourth-order valence-corrected chi connectivity index (χ4v) is 7.76. The number of alkyl carbamates (subject to hydrolysis) is 1. The fraction of sp³-hybridized carbons (Fsp3) is 0.571. The minimum Gasteiger partial charge on any atom is -0.507 e. The number of carbonyl (C=O) groups excluding carboxylic acids is 2.